The second kappa shape index (κ2) is 7.22. The number of nitrogens with zero attached hydrogens (tertiary/aromatic N) is 1. The molecule has 2 saturated carbocycles. The van der Waals surface area contributed by atoms with Crippen LogP contribution in [-0.4, -0.2) is 25.6 Å². The van der Waals surface area contributed by atoms with E-state index in [2.05, 4.69) is 10.3 Å². The Balaban J connectivity index is 1.70. The van der Waals surface area contributed by atoms with Crippen LogP contribution in [0.4, 0.5) is 9.52 Å². The monoisotopic (exact) mass is 422 g/mol. The number of rotatable bonds is 5. The summed E-state index contributed by atoms with van der Waals surface area (Å²) >= 11 is 1.34. The van der Waals surface area contributed by atoms with Gasteiger partial charge in [0.05, 0.1) is 5.41 Å². The van der Waals surface area contributed by atoms with E-state index in [1.54, 1.807) is 17.6 Å². The minimum absolute atomic E-state index is 0.149. The van der Waals surface area contributed by atoms with Gasteiger partial charge in [0.1, 0.15) is 10.7 Å². The summed E-state index contributed by atoms with van der Waals surface area (Å²) in [5, 5.41) is 5.19. The number of aromatic nitrogens is 1. The van der Waals surface area contributed by atoms with Crippen molar-refractivity contribution in [2.75, 3.05) is 11.6 Å². The molecule has 0 aliphatic heterocycles. The van der Waals surface area contributed by atoms with Gasteiger partial charge >= 0.3 is 0 Å². The zero-order valence-corrected chi connectivity index (χ0v) is 17.3. The van der Waals surface area contributed by atoms with Crippen LogP contribution < -0.4 is 5.32 Å². The molecule has 2 aromatic rings. The summed E-state index contributed by atoms with van der Waals surface area (Å²) < 4.78 is 38.1. The molecule has 2 fully saturated rings. The van der Waals surface area contributed by atoms with Crippen molar-refractivity contribution in [1.29, 1.82) is 0 Å². The van der Waals surface area contributed by atoms with E-state index in [0.29, 0.717) is 23.0 Å². The van der Waals surface area contributed by atoms with Crippen LogP contribution in [0.5, 0.6) is 0 Å². The highest BCUT2D eigenvalue weighted by molar-refractivity contribution is 7.90. The van der Waals surface area contributed by atoms with Crippen LogP contribution in [0.25, 0.3) is 0 Å². The maximum atomic E-state index is 14.6. The topological polar surface area (TPSA) is 76.1 Å². The molecular formula is C20H23FN2O3S2. The lowest BCUT2D eigenvalue weighted by atomic mass is 9.80. The van der Waals surface area contributed by atoms with Crippen molar-refractivity contribution >= 4 is 32.2 Å². The molecule has 0 spiro atoms. The highest BCUT2D eigenvalue weighted by Crippen LogP contribution is 2.61. The van der Waals surface area contributed by atoms with Crippen LogP contribution in [0, 0.1) is 17.7 Å². The third-order valence-corrected chi connectivity index (χ3v) is 7.96. The van der Waals surface area contributed by atoms with Crippen molar-refractivity contribution in [3.05, 3.63) is 41.2 Å². The van der Waals surface area contributed by atoms with Gasteiger partial charge < -0.3 is 5.32 Å². The molecule has 2 aliphatic carbocycles. The Morgan fingerprint density at radius 3 is 2.64 bits per heavy atom. The molecule has 2 atom stereocenters. The summed E-state index contributed by atoms with van der Waals surface area (Å²) in [5.41, 5.74) is -0.257. The number of hydrogen-bond acceptors (Lipinski definition) is 5. The molecule has 1 heterocycles. The van der Waals surface area contributed by atoms with Crippen molar-refractivity contribution in [3.63, 3.8) is 0 Å². The van der Waals surface area contributed by atoms with Gasteiger partial charge in [0, 0.05) is 17.8 Å². The van der Waals surface area contributed by atoms with Gasteiger partial charge in [-0.15, -0.1) is 11.3 Å². The number of halogens is 1. The fourth-order valence-electron chi connectivity index (χ4n) is 4.69. The standard InChI is InChI=1S/C20H23FN2O3S2/c1-28(25,26)17-8-7-14(11-16(17)21)20(18(24)23-19-22-9-10-27-19)12-15(20)13-5-3-2-4-6-13/h7-11,13,15H,2-6,12H2,1H3,(H,22,23,24)/t15-,20-/m0/s1. The number of thiazole rings is 1. The molecular weight excluding hydrogens is 399 g/mol. The van der Waals surface area contributed by atoms with Crippen LogP contribution in [0.1, 0.15) is 44.1 Å². The number of carbonyl (C=O) groups excluding carboxylic acids is 1. The molecule has 8 heteroatoms. The lowest BCUT2D eigenvalue weighted by molar-refractivity contribution is -0.119. The Hall–Kier alpha value is -1.80. The van der Waals surface area contributed by atoms with Crippen LogP contribution >= 0.6 is 11.3 Å². The van der Waals surface area contributed by atoms with Crippen LogP contribution in [0.15, 0.2) is 34.7 Å². The molecule has 4 rings (SSSR count). The Morgan fingerprint density at radius 2 is 2.04 bits per heavy atom. The zero-order chi connectivity index (χ0) is 19.9. The Bertz CT molecular complexity index is 985. The van der Waals surface area contributed by atoms with Gasteiger partial charge in [-0.3, -0.25) is 4.79 Å². The maximum absolute atomic E-state index is 14.6. The molecule has 1 amide bonds. The number of nitrogens with one attached hydrogen (secondary N) is 1. The summed E-state index contributed by atoms with van der Waals surface area (Å²) in [5.74, 6) is -0.384. The molecule has 0 saturated heterocycles. The minimum atomic E-state index is -3.65. The van der Waals surface area contributed by atoms with Crippen molar-refractivity contribution in [1.82, 2.24) is 4.98 Å². The number of hydrogen-bond donors (Lipinski definition) is 1. The van der Waals surface area contributed by atoms with Gasteiger partial charge in [0.2, 0.25) is 5.91 Å². The number of benzene rings is 1. The number of sulfone groups is 1. The second-order valence-corrected chi connectivity index (χ2v) is 10.8. The van der Waals surface area contributed by atoms with E-state index in [9.17, 15) is 17.6 Å². The normalized spacial score (nSPS) is 25.4. The van der Waals surface area contributed by atoms with Gasteiger partial charge in [-0.2, -0.15) is 0 Å². The number of amides is 1. The quantitative estimate of drug-likeness (QED) is 0.785. The molecule has 0 bridgehead atoms. The average molecular weight is 423 g/mol. The van der Waals surface area contributed by atoms with E-state index >= 15 is 0 Å². The fraction of sp³-hybridized carbons (Fsp3) is 0.500. The Morgan fingerprint density at radius 1 is 1.29 bits per heavy atom. The number of anilines is 1. The first-order valence-corrected chi connectivity index (χ1v) is 12.3. The van der Waals surface area contributed by atoms with Crippen molar-refractivity contribution < 1.29 is 17.6 Å². The van der Waals surface area contributed by atoms with Crippen molar-refractivity contribution in [3.8, 4) is 0 Å². The zero-order valence-electron chi connectivity index (χ0n) is 15.7. The van der Waals surface area contributed by atoms with Gasteiger partial charge in [-0.1, -0.05) is 38.2 Å². The van der Waals surface area contributed by atoms with E-state index in [-0.39, 0.29) is 16.7 Å². The molecule has 28 heavy (non-hydrogen) atoms. The smallest absolute Gasteiger partial charge is 0.237 e. The third-order valence-electron chi connectivity index (χ3n) is 6.14. The highest BCUT2D eigenvalue weighted by atomic mass is 32.2. The summed E-state index contributed by atoms with van der Waals surface area (Å²) in [6, 6.07) is 4.12. The summed E-state index contributed by atoms with van der Waals surface area (Å²) in [7, 11) is -3.65. The number of carbonyl (C=O) groups is 1. The van der Waals surface area contributed by atoms with Gasteiger partial charge in [-0.05, 0) is 36.0 Å². The Labute approximate surface area is 168 Å². The molecule has 2 aliphatic rings. The predicted molar refractivity (Wildman–Crippen MR) is 107 cm³/mol. The van der Waals surface area contributed by atoms with Crippen molar-refractivity contribution in [2.24, 2.45) is 11.8 Å². The van der Waals surface area contributed by atoms with E-state index in [0.717, 1.165) is 31.9 Å². The van der Waals surface area contributed by atoms with E-state index in [4.69, 9.17) is 0 Å². The molecule has 150 valence electrons. The summed E-state index contributed by atoms with van der Waals surface area (Å²) in [6.45, 7) is 0. The lowest BCUT2D eigenvalue weighted by Crippen LogP contribution is -2.32. The SMILES string of the molecule is CS(=O)(=O)c1ccc([C@@]2(C(=O)Nc3nccs3)C[C@H]2C2CCCCC2)cc1F. The second-order valence-electron chi connectivity index (χ2n) is 7.89. The Kier molecular flexibility index (Phi) is 5.03. The lowest BCUT2D eigenvalue weighted by Gasteiger charge is -2.25. The molecule has 1 aromatic carbocycles. The molecule has 0 unspecified atom stereocenters. The van der Waals surface area contributed by atoms with E-state index in [1.165, 1.54) is 29.9 Å². The first kappa shape index (κ1) is 19.5. The van der Waals surface area contributed by atoms with Crippen LogP contribution in [0.2, 0.25) is 0 Å². The van der Waals surface area contributed by atoms with Gasteiger partial charge in [-0.25, -0.2) is 17.8 Å². The highest BCUT2D eigenvalue weighted by Gasteiger charge is 2.63. The molecule has 1 aromatic heterocycles. The van der Waals surface area contributed by atoms with Crippen molar-refractivity contribution in [2.45, 2.75) is 48.8 Å². The maximum Gasteiger partial charge on any atom is 0.237 e. The van der Waals surface area contributed by atoms with E-state index in [1.807, 2.05) is 0 Å². The fourth-order valence-corrected chi connectivity index (χ4v) is 5.94. The minimum Gasteiger partial charge on any atom is -0.301 e. The predicted octanol–water partition coefficient (Wildman–Crippen LogP) is 4.16. The first-order valence-electron chi connectivity index (χ1n) is 9.53. The largest absolute Gasteiger partial charge is 0.301 e. The van der Waals surface area contributed by atoms with Gasteiger partial charge in [0.25, 0.3) is 0 Å². The average Bonchev–Trinajstić information content (AvgIpc) is 3.23. The first-order chi connectivity index (χ1) is 13.3. The summed E-state index contributed by atoms with van der Waals surface area (Å²) in [6.07, 6.45) is 8.98. The summed E-state index contributed by atoms with van der Waals surface area (Å²) in [4.78, 5) is 17.1. The van der Waals surface area contributed by atoms with Gasteiger partial charge in [0.15, 0.2) is 15.0 Å². The third kappa shape index (κ3) is 3.48. The van der Waals surface area contributed by atoms with Crippen LogP contribution in [-0.2, 0) is 20.0 Å². The van der Waals surface area contributed by atoms with E-state index < -0.39 is 21.1 Å². The molecule has 5 nitrogen and oxygen atoms in total. The molecule has 1 N–H and O–H groups in total. The molecule has 0 radical (unpaired) electrons. The van der Waals surface area contributed by atoms with Crippen LogP contribution in [0.3, 0.4) is 0 Å².